The highest BCUT2D eigenvalue weighted by Crippen LogP contribution is 2.37. The summed E-state index contributed by atoms with van der Waals surface area (Å²) in [6, 6.07) is 18.3. The molecule has 140 valence electrons. The van der Waals surface area contributed by atoms with Gasteiger partial charge < -0.3 is 10.1 Å². The van der Waals surface area contributed by atoms with Crippen molar-refractivity contribution in [1.29, 1.82) is 0 Å². The van der Waals surface area contributed by atoms with E-state index in [1.54, 1.807) is 31.4 Å². The van der Waals surface area contributed by atoms with Crippen molar-refractivity contribution in [3.05, 3.63) is 82.2 Å². The number of rotatable bonds is 5. The molecule has 0 saturated heterocycles. The van der Waals surface area contributed by atoms with Crippen LogP contribution in [0.2, 0.25) is 0 Å². The highest BCUT2D eigenvalue weighted by atomic mass is 32.1. The van der Waals surface area contributed by atoms with E-state index in [4.69, 9.17) is 4.74 Å². The molecule has 1 aromatic heterocycles. The monoisotopic (exact) mass is 390 g/mol. The molecule has 1 N–H and O–H groups in total. The second-order valence-corrected chi connectivity index (χ2v) is 7.28. The average Bonchev–Trinajstić information content (AvgIpc) is 3.30. The van der Waals surface area contributed by atoms with E-state index in [1.807, 2.05) is 48.7 Å². The molecule has 3 aromatic rings. The number of benzene rings is 2. The van der Waals surface area contributed by atoms with Gasteiger partial charge in [-0.2, -0.15) is 0 Å². The largest absolute Gasteiger partial charge is 0.495 e. The Morgan fingerprint density at radius 3 is 2.43 bits per heavy atom. The molecule has 0 unspecified atom stereocenters. The normalized spacial score (nSPS) is 14.0. The van der Waals surface area contributed by atoms with Crippen LogP contribution in [0.15, 0.2) is 71.7 Å². The Morgan fingerprint density at radius 2 is 1.75 bits per heavy atom. The lowest BCUT2D eigenvalue weighted by Crippen LogP contribution is -2.32. The topological polar surface area (TPSA) is 58.6 Å². The SMILES string of the molecule is COc1ccc(C)cc1NC1=C(c2cccs2)C(=O)N(c2ccccc2)C1=O. The van der Waals surface area contributed by atoms with E-state index in [0.717, 1.165) is 10.4 Å². The molecule has 28 heavy (non-hydrogen) atoms. The fourth-order valence-corrected chi connectivity index (χ4v) is 3.93. The van der Waals surface area contributed by atoms with E-state index in [9.17, 15) is 9.59 Å². The first kappa shape index (κ1) is 18.0. The highest BCUT2D eigenvalue weighted by molar-refractivity contribution is 7.11. The predicted molar refractivity (Wildman–Crippen MR) is 112 cm³/mol. The predicted octanol–water partition coefficient (Wildman–Crippen LogP) is 4.46. The number of methoxy groups -OCH3 is 1. The fourth-order valence-electron chi connectivity index (χ4n) is 3.16. The molecule has 2 heterocycles. The number of hydrogen-bond acceptors (Lipinski definition) is 5. The Bertz CT molecular complexity index is 1070. The molecule has 1 aliphatic heterocycles. The molecule has 0 bridgehead atoms. The van der Waals surface area contributed by atoms with Crippen molar-refractivity contribution in [2.24, 2.45) is 0 Å². The van der Waals surface area contributed by atoms with Crippen LogP contribution in [0.3, 0.4) is 0 Å². The van der Waals surface area contributed by atoms with Gasteiger partial charge in [0.2, 0.25) is 0 Å². The first-order valence-electron chi connectivity index (χ1n) is 8.74. The average molecular weight is 390 g/mol. The lowest BCUT2D eigenvalue weighted by molar-refractivity contribution is -0.120. The van der Waals surface area contributed by atoms with Crippen LogP contribution < -0.4 is 15.0 Å². The van der Waals surface area contributed by atoms with E-state index < -0.39 is 0 Å². The minimum absolute atomic E-state index is 0.250. The second-order valence-electron chi connectivity index (χ2n) is 6.34. The quantitative estimate of drug-likeness (QED) is 0.654. The zero-order valence-corrected chi connectivity index (χ0v) is 16.2. The van der Waals surface area contributed by atoms with E-state index in [0.29, 0.717) is 22.7 Å². The zero-order chi connectivity index (χ0) is 19.7. The number of ether oxygens (including phenoxy) is 1. The molecule has 0 fully saturated rings. The Hall–Kier alpha value is -3.38. The maximum atomic E-state index is 13.3. The fraction of sp³-hybridized carbons (Fsp3) is 0.0909. The first-order chi connectivity index (χ1) is 13.6. The van der Waals surface area contributed by atoms with Gasteiger partial charge >= 0.3 is 0 Å². The molecule has 2 amide bonds. The van der Waals surface area contributed by atoms with Gasteiger partial charge in [0.1, 0.15) is 11.4 Å². The van der Waals surface area contributed by atoms with Crippen molar-refractivity contribution in [3.63, 3.8) is 0 Å². The molecular weight excluding hydrogens is 372 g/mol. The molecule has 0 radical (unpaired) electrons. The summed E-state index contributed by atoms with van der Waals surface area (Å²) in [4.78, 5) is 28.4. The molecule has 1 aliphatic rings. The Labute approximate surface area is 166 Å². The van der Waals surface area contributed by atoms with Crippen molar-refractivity contribution in [3.8, 4) is 5.75 Å². The Morgan fingerprint density at radius 1 is 0.964 bits per heavy atom. The van der Waals surface area contributed by atoms with Crippen molar-refractivity contribution in [2.45, 2.75) is 6.92 Å². The van der Waals surface area contributed by atoms with Crippen LogP contribution >= 0.6 is 11.3 Å². The van der Waals surface area contributed by atoms with Gasteiger partial charge in [-0.05, 0) is 48.2 Å². The van der Waals surface area contributed by atoms with Crippen molar-refractivity contribution >= 4 is 40.1 Å². The van der Waals surface area contributed by atoms with Crippen LogP contribution in [0.25, 0.3) is 5.57 Å². The number of thiophene rings is 1. The molecule has 6 heteroatoms. The number of amides is 2. The summed E-state index contributed by atoms with van der Waals surface area (Å²) in [6.45, 7) is 1.96. The third-order valence-corrected chi connectivity index (χ3v) is 5.37. The summed E-state index contributed by atoms with van der Waals surface area (Å²) < 4.78 is 5.42. The molecule has 0 spiro atoms. The Kier molecular flexibility index (Phi) is 4.71. The maximum absolute atomic E-state index is 13.3. The van der Waals surface area contributed by atoms with Crippen molar-refractivity contribution in [2.75, 3.05) is 17.3 Å². The maximum Gasteiger partial charge on any atom is 0.282 e. The molecule has 2 aromatic carbocycles. The number of carbonyl (C=O) groups is 2. The lowest BCUT2D eigenvalue weighted by Gasteiger charge is -2.16. The van der Waals surface area contributed by atoms with Gasteiger partial charge in [0.25, 0.3) is 11.8 Å². The number of imide groups is 1. The number of nitrogens with zero attached hydrogens (tertiary/aromatic N) is 1. The molecule has 0 atom stereocenters. The standard InChI is InChI=1S/C22H18N2O3S/c1-14-10-11-17(27-2)16(13-14)23-20-19(18-9-6-12-28-18)21(25)24(22(20)26)15-7-4-3-5-8-15/h3-13,23H,1-2H3. The van der Waals surface area contributed by atoms with E-state index in [-0.39, 0.29) is 17.5 Å². The van der Waals surface area contributed by atoms with Crippen LogP contribution in [-0.4, -0.2) is 18.9 Å². The number of hydrogen-bond donors (Lipinski definition) is 1. The summed E-state index contributed by atoms with van der Waals surface area (Å²) in [5.74, 6) is -0.127. The first-order valence-corrected chi connectivity index (χ1v) is 9.61. The number of nitrogens with one attached hydrogen (secondary N) is 1. The molecule has 0 saturated carbocycles. The number of aryl methyl sites for hydroxylation is 1. The van der Waals surface area contributed by atoms with Crippen molar-refractivity contribution in [1.82, 2.24) is 0 Å². The van der Waals surface area contributed by atoms with Gasteiger partial charge in [-0.25, -0.2) is 4.90 Å². The summed E-state index contributed by atoms with van der Waals surface area (Å²) in [6.07, 6.45) is 0. The van der Waals surface area contributed by atoms with E-state index >= 15 is 0 Å². The van der Waals surface area contributed by atoms with E-state index in [2.05, 4.69) is 5.32 Å². The van der Waals surface area contributed by atoms with Gasteiger partial charge in [-0.1, -0.05) is 30.3 Å². The van der Waals surface area contributed by atoms with Gasteiger partial charge in [0, 0.05) is 4.88 Å². The number of para-hydroxylation sites is 1. The van der Waals surface area contributed by atoms with E-state index in [1.165, 1.54) is 16.2 Å². The third-order valence-electron chi connectivity index (χ3n) is 4.48. The molecule has 0 aliphatic carbocycles. The summed E-state index contributed by atoms with van der Waals surface area (Å²) >= 11 is 1.42. The highest BCUT2D eigenvalue weighted by Gasteiger charge is 2.40. The molecule has 5 nitrogen and oxygen atoms in total. The van der Waals surface area contributed by atoms with Crippen LogP contribution in [0, 0.1) is 6.92 Å². The van der Waals surface area contributed by atoms with Gasteiger partial charge in [-0.15, -0.1) is 11.3 Å². The molecule has 4 rings (SSSR count). The van der Waals surface area contributed by atoms with Gasteiger partial charge in [-0.3, -0.25) is 9.59 Å². The third kappa shape index (κ3) is 3.08. The summed E-state index contributed by atoms with van der Waals surface area (Å²) in [7, 11) is 1.57. The Balaban J connectivity index is 1.83. The van der Waals surface area contributed by atoms with Gasteiger partial charge in [0.15, 0.2) is 0 Å². The second kappa shape index (κ2) is 7.32. The van der Waals surface area contributed by atoms with Crippen LogP contribution in [0.1, 0.15) is 10.4 Å². The summed E-state index contributed by atoms with van der Waals surface area (Å²) in [5, 5.41) is 5.05. The van der Waals surface area contributed by atoms with Crippen molar-refractivity contribution < 1.29 is 14.3 Å². The smallest absolute Gasteiger partial charge is 0.282 e. The lowest BCUT2D eigenvalue weighted by atomic mass is 10.1. The summed E-state index contributed by atoms with van der Waals surface area (Å²) in [5.41, 5.74) is 2.81. The van der Waals surface area contributed by atoms with Gasteiger partial charge in [0.05, 0.1) is 24.1 Å². The molecular formula is C22H18N2O3S. The van der Waals surface area contributed by atoms with Crippen LogP contribution in [-0.2, 0) is 9.59 Å². The minimum atomic E-state index is -0.386. The number of carbonyl (C=O) groups excluding carboxylic acids is 2. The minimum Gasteiger partial charge on any atom is -0.495 e. The van der Waals surface area contributed by atoms with Crippen LogP contribution in [0.5, 0.6) is 5.75 Å². The zero-order valence-electron chi connectivity index (χ0n) is 15.4. The van der Waals surface area contributed by atoms with Crippen LogP contribution in [0.4, 0.5) is 11.4 Å². The number of anilines is 2.